The zero-order chi connectivity index (χ0) is 21.4. The third-order valence-corrected chi connectivity index (χ3v) is 5.37. The SMILES string of the molecule is Cc1ccc2cc3c(nc2c1)N(c1ccc(C(=O)NNC(=O)c2ccco2)cc1)CC3. The van der Waals surface area contributed by atoms with Crippen LogP contribution in [0.5, 0.6) is 0 Å². The number of hydrogen-bond acceptors (Lipinski definition) is 5. The Labute approximate surface area is 178 Å². The summed E-state index contributed by atoms with van der Waals surface area (Å²) in [5.74, 6) is 0.157. The molecule has 0 aliphatic carbocycles. The van der Waals surface area contributed by atoms with Crippen molar-refractivity contribution in [3.05, 3.63) is 89.4 Å². The fourth-order valence-corrected chi connectivity index (χ4v) is 3.77. The molecule has 2 N–H and O–H groups in total. The van der Waals surface area contributed by atoms with E-state index in [0.29, 0.717) is 5.56 Å². The minimum Gasteiger partial charge on any atom is -0.459 e. The highest BCUT2D eigenvalue weighted by Gasteiger charge is 2.23. The van der Waals surface area contributed by atoms with Crippen LogP contribution < -0.4 is 15.8 Å². The molecule has 31 heavy (non-hydrogen) atoms. The quantitative estimate of drug-likeness (QED) is 0.498. The Morgan fingerprint density at radius 2 is 1.81 bits per heavy atom. The Balaban J connectivity index is 1.32. The fraction of sp³-hybridized carbons (Fsp3) is 0.125. The predicted octanol–water partition coefficient (Wildman–Crippen LogP) is 3.91. The minimum absolute atomic E-state index is 0.124. The van der Waals surface area contributed by atoms with Crippen LogP contribution in [0.4, 0.5) is 11.5 Å². The smallest absolute Gasteiger partial charge is 0.305 e. The molecule has 0 saturated carbocycles. The van der Waals surface area contributed by atoms with E-state index in [1.54, 1.807) is 18.2 Å². The Hall–Kier alpha value is -4.13. The van der Waals surface area contributed by atoms with Gasteiger partial charge >= 0.3 is 5.91 Å². The molecule has 0 spiro atoms. The van der Waals surface area contributed by atoms with Crippen LogP contribution in [0.1, 0.15) is 32.0 Å². The highest BCUT2D eigenvalue weighted by atomic mass is 16.3. The number of pyridine rings is 1. The Morgan fingerprint density at radius 3 is 2.58 bits per heavy atom. The number of hydrazine groups is 1. The van der Waals surface area contributed by atoms with E-state index in [4.69, 9.17) is 9.40 Å². The van der Waals surface area contributed by atoms with E-state index in [0.717, 1.165) is 35.4 Å². The van der Waals surface area contributed by atoms with Gasteiger partial charge in [0, 0.05) is 23.2 Å². The van der Waals surface area contributed by atoms with Gasteiger partial charge in [-0.25, -0.2) is 4.98 Å². The maximum absolute atomic E-state index is 12.3. The second kappa shape index (κ2) is 7.60. The van der Waals surface area contributed by atoms with Crippen molar-refractivity contribution in [2.75, 3.05) is 11.4 Å². The summed E-state index contributed by atoms with van der Waals surface area (Å²) in [4.78, 5) is 31.3. The molecule has 3 heterocycles. The molecular formula is C24H20N4O3. The first-order chi connectivity index (χ1) is 15.1. The molecule has 0 atom stereocenters. The van der Waals surface area contributed by atoms with Gasteiger partial charge in [-0.1, -0.05) is 12.1 Å². The number of benzene rings is 2. The zero-order valence-electron chi connectivity index (χ0n) is 16.9. The number of fused-ring (bicyclic) bond motifs is 2. The lowest BCUT2D eigenvalue weighted by Gasteiger charge is -2.19. The van der Waals surface area contributed by atoms with Crippen LogP contribution in [-0.2, 0) is 6.42 Å². The number of anilines is 2. The molecule has 0 fully saturated rings. The van der Waals surface area contributed by atoms with Gasteiger partial charge in [-0.2, -0.15) is 0 Å². The normalized spacial score (nSPS) is 12.6. The van der Waals surface area contributed by atoms with Crippen molar-refractivity contribution in [1.29, 1.82) is 0 Å². The topological polar surface area (TPSA) is 87.5 Å². The highest BCUT2D eigenvalue weighted by molar-refractivity contribution is 5.98. The van der Waals surface area contributed by atoms with E-state index < -0.39 is 11.8 Å². The van der Waals surface area contributed by atoms with Gasteiger partial charge in [-0.05, 0) is 73.0 Å². The van der Waals surface area contributed by atoms with Crippen molar-refractivity contribution in [3.63, 3.8) is 0 Å². The number of carbonyl (C=O) groups excluding carboxylic acids is 2. The monoisotopic (exact) mass is 412 g/mol. The number of nitrogens with zero attached hydrogens (tertiary/aromatic N) is 2. The number of furan rings is 1. The number of rotatable bonds is 3. The summed E-state index contributed by atoms with van der Waals surface area (Å²) in [6, 6.07) is 18.9. The molecule has 1 aliphatic rings. The standard InChI is InChI=1S/C24H20N4O3/c1-15-4-5-17-14-18-10-11-28(22(18)25-20(17)13-15)19-8-6-16(7-9-19)23(29)26-27-24(30)21-3-2-12-31-21/h2-9,12-14H,10-11H2,1H3,(H,26,29)(H,27,30). The van der Waals surface area contributed by atoms with E-state index >= 15 is 0 Å². The Morgan fingerprint density at radius 1 is 1.00 bits per heavy atom. The number of hydrogen-bond donors (Lipinski definition) is 2. The minimum atomic E-state index is -0.516. The van der Waals surface area contributed by atoms with Crippen LogP contribution in [0.15, 0.2) is 71.3 Å². The van der Waals surface area contributed by atoms with Crippen LogP contribution in [0, 0.1) is 6.92 Å². The Kier molecular flexibility index (Phi) is 4.63. The number of amides is 2. The molecule has 4 aromatic rings. The van der Waals surface area contributed by atoms with Gasteiger partial charge < -0.3 is 9.32 Å². The maximum Gasteiger partial charge on any atom is 0.305 e. The molecule has 5 rings (SSSR count). The fourth-order valence-electron chi connectivity index (χ4n) is 3.77. The van der Waals surface area contributed by atoms with Crippen LogP contribution >= 0.6 is 0 Å². The molecular weight excluding hydrogens is 392 g/mol. The second-order valence-electron chi connectivity index (χ2n) is 7.50. The molecule has 2 aromatic heterocycles. The summed E-state index contributed by atoms with van der Waals surface area (Å²) >= 11 is 0. The molecule has 2 amide bonds. The van der Waals surface area contributed by atoms with E-state index in [1.807, 2.05) is 12.1 Å². The first kappa shape index (κ1) is 18.9. The van der Waals surface area contributed by atoms with Gasteiger partial charge in [0.15, 0.2) is 5.76 Å². The summed E-state index contributed by atoms with van der Waals surface area (Å²) in [6.45, 7) is 2.90. The number of aromatic nitrogens is 1. The summed E-state index contributed by atoms with van der Waals surface area (Å²) in [6.07, 6.45) is 2.32. The van der Waals surface area contributed by atoms with E-state index in [1.165, 1.54) is 23.5 Å². The van der Waals surface area contributed by atoms with Crippen molar-refractivity contribution in [3.8, 4) is 0 Å². The summed E-state index contributed by atoms with van der Waals surface area (Å²) in [5.41, 5.74) is 9.51. The van der Waals surface area contributed by atoms with Gasteiger partial charge in [0.05, 0.1) is 11.8 Å². The van der Waals surface area contributed by atoms with Gasteiger partial charge in [0.25, 0.3) is 5.91 Å². The van der Waals surface area contributed by atoms with E-state index in [-0.39, 0.29) is 5.76 Å². The van der Waals surface area contributed by atoms with Crippen LogP contribution in [0.25, 0.3) is 10.9 Å². The molecule has 1 aliphatic heterocycles. The van der Waals surface area contributed by atoms with Crippen LogP contribution in [0.3, 0.4) is 0 Å². The average molecular weight is 412 g/mol. The predicted molar refractivity (Wildman–Crippen MR) is 117 cm³/mol. The van der Waals surface area contributed by atoms with Crippen molar-refractivity contribution < 1.29 is 14.0 Å². The van der Waals surface area contributed by atoms with Gasteiger partial charge in [0.1, 0.15) is 5.82 Å². The van der Waals surface area contributed by atoms with Crippen molar-refractivity contribution in [2.24, 2.45) is 0 Å². The van der Waals surface area contributed by atoms with Gasteiger partial charge in [-0.3, -0.25) is 20.4 Å². The lowest BCUT2D eigenvalue weighted by Crippen LogP contribution is -2.41. The summed E-state index contributed by atoms with van der Waals surface area (Å²) in [5, 5.41) is 1.15. The van der Waals surface area contributed by atoms with Crippen molar-refractivity contribution in [2.45, 2.75) is 13.3 Å². The molecule has 7 nitrogen and oxygen atoms in total. The number of aryl methyl sites for hydroxylation is 1. The second-order valence-corrected chi connectivity index (χ2v) is 7.50. The van der Waals surface area contributed by atoms with Crippen LogP contribution in [0.2, 0.25) is 0 Å². The molecule has 7 heteroatoms. The van der Waals surface area contributed by atoms with Crippen LogP contribution in [-0.4, -0.2) is 23.3 Å². The van der Waals surface area contributed by atoms with Crippen molar-refractivity contribution in [1.82, 2.24) is 15.8 Å². The molecule has 2 aromatic carbocycles. The molecule has 0 radical (unpaired) electrons. The third-order valence-electron chi connectivity index (χ3n) is 5.37. The van der Waals surface area contributed by atoms with E-state index in [2.05, 4.69) is 46.9 Å². The molecule has 0 unspecified atom stereocenters. The first-order valence-corrected chi connectivity index (χ1v) is 10.0. The van der Waals surface area contributed by atoms with Crippen molar-refractivity contribution >= 4 is 34.2 Å². The summed E-state index contributed by atoms with van der Waals surface area (Å²) < 4.78 is 4.99. The number of carbonyl (C=O) groups is 2. The lowest BCUT2D eigenvalue weighted by atomic mass is 10.1. The lowest BCUT2D eigenvalue weighted by molar-refractivity contribution is 0.0831. The highest BCUT2D eigenvalue weighted by Crippen LogP contribution is 2.35. The van der Waals surface area contributed by atoms with Gasteiger partial charge in [0.2, 0.25) is 0 Å². The zero-order valence-corrected chi connectivity index (χ0v) is 16.9. The van der Waals surface area contributed by atoms with E-state index in [9.17, 15) is 9.59 Å². The number of nitrogens with one attached hydrogen (secondary N) is 2. The first-order valence-electron chi connectivity index (χ1n) is 10.0. The average Bonchev–Trinajstić information content (AvgIpc) is 3.46. The Bertz CT molecular complexity index is 1280. The maximum atomic E-state index is 12.3. The molecule has 0 saturated heterocycles. The molecule has 0 bridgehead atoms. The largest absolute Gasteiger partial charge is 0.459 e. The van der Waals surface area contributed by atoms with Gasteiger partial charge in [-0.15, -0.1) is 0 Å². The molecule has 154 valence electrons. The third kappa shape index (κ3) is 3.61. The summed E-state index contributed by atoms with van der Waals surface area (Å²) in [7, 11) is 0.